The van der Waals surface area contributed by atoms with Crippen LogP contribution >= 0.6 is 0 Å². The second-order valence-corrected chi connectivity index (χ2v) is 6.41. The van der Waals surface area contributed by atoms with Crippen molar-refractivity contribution in [3.05, 3.63) is 29.8 Å². The summed E-state index contributed by atoms with van der Waals surface area (Å²) in [7, 11) is -3.70. The fourth-order valence-electron chi connectivity index (χ4n) is 1.70. The lowest BCUT2D eigenvalue weighted by Gasteiger charge is -2.08. The maximum absolute atomic E-state index is 12.2. The van der Waals surface area contributed by atoms with Crippen molar-refractivity contribution in [2.75, 3.05) is 11.3 Å². The van der Waals surface area contributed by atoms with E-state index in [-0.39, 0.29) is 16.9 Å². The van der Waals surface area contributed by atoms with Crippen LogP contribution in [0, 0.1) is 0 Å². The van der Waals surface area contributed by atoms with Gasteiger partial charge in [-0.3, -0.25) is 0 Å². The molecule has 1 aromatic carbocycles. The minimum atomic E-state index is -3.70. The third kappa shape index (κ3) is 3.72. The summed E-state index contributed by atoms with van der Waals surface area (Å²) >= 11 is 0. The number of nitrogens with one attached hydrogen (secondary N) is 2. The van der Waals surface area contributed by atoms with E-state index in [0.29, 0.717) is 12.5 Å². The first-order valence-corrected chi connectivity index (χ1v) is 8.08. The molecule has 0 bridgehead atoms. The Morgan fingerprint density at radius 3 is 2.52 bits per heavy atom. The molecule has 0 aliphatic carbocycles. The van der Waals surface area contributed by atoms with Crippen molar-refractivity contribution in [3.8, 4) is 6.01 Å². The second kappa shape index (κ2) is 6.13. The van der Waals surface area contributed by atoms with E-state index < -0.39 is 10.0 Å². The van der Waals surface area contributed by atoms with Gasteiger partial charge >= 0.3 is 6.01 Å². The zero-order valence-electron chi connectivity index (χ0n) is 12.1. The average molecular weight is 310 g/mol. The third-order valence-corrected chi connectivity index (χ3v) is 4.18. The Bertz CT molecular complexity index is 692. The van der Waals surface area contributed by atoms with Crippen LogP contribution in [0.15, 0.2) is 29.2 Å². The number of ether oxygens (including phenoxy) is 1. The van der Waals surface area contributed by atoms with E-state index >= 15 is 0 Å². The van der Waals surface area contributed by atoms with Gasteiger partial charge in [-0.25, -0.2) is 18.2 Å². The molecule has 0 unspecified atom stereocenters. The SMILES string of the molecule is CCOc1n[nH]c(NS(=O)(=O)c2ccc(C(C)C)cc2)n1. The van der Waals surface area contributed by atoms with E-state index in [1.807, 2.05) is 13.8 Å². The number of nitrogens with zero attached hydrogens (tertiary/aromatic N) is 2. The number of aromatic amines is 1. The number of benzene rings is 1. The molecule has 8 heteroatoms. The molecule has 1 aromatic heterocycles. The first-order valence-electron chi connectivity index (χ1n) is 6.60. The number of anilines is 1. The molecule has 0 atom stereocenters. The maximum atomic E-state index is 12.2. The fourth-order valence-corrected chi connectivity index (χ4v) is 2.66. The van der Waals surface area contributed by atoms with Crippen molar-refractivity contribution in [2.24, 2.45) is 0 Å². The summed E-state index contributed by atoms with van der Waals surface area (Å²) in [6.45, 7) is 6.29. The van der Waals surface area contributed by atoms with Crippen molar-refractivity contribution in [1.29, 1.82) is 0 Å². The first kappa shape index (κ1) is 15.3. The normalized spacial score (nSPS) is 11.6. The standard InChI is InChI=1S/C13H18N4O3S/c1-4-20-13-14-12(15-16-13)17-21(18,19)11-7-5-10(6-8-11)9(2)3/h5-9H,4H2,1-3H3,(H2,14,15,16,17). The molecular weight excluding hydrogens is 292 g/mol. The molecule has 0 saturated heterocycles. The predicted octanol–water partition coefficient (Wildman–Crippen LogP) is 2.13. The van der Waals surface area contributed by atoms with Crippen LogP contribution in [0.5, 0.6) is 6.01 Å². The van der Waals surface area contributed by atoms with E-state index in [1.54, 1.807) is 31.2 Å². The molecule has 0 radical (unpaired) electrons. The summed E-state index contributed by atoms with van der Waals surface area (Å²) in [6.07, 6.45) is 0. The molecule has 7 nitrogen and oxygen atoms in total. The highest BCUT2D eigenvalue weighted by Crippen LogP contribution is 2.19. The third-order valence-electron chi connectivity index (χ3n) is 2.83. The van der Waals surface area contributed by atoms with Crippen LogP contribution < -0.4 is 9.46 Å². The van der Waals surface area contributed by atoms with E-state index in [0.717, 1.165) is 5.56 Å². The molecular formula is C13H18N4O3S. The van der Waals surface area contributed by atoms with Crippen LogP contribution in [0.4, 0.5) is 5.95 Å². The minimum absolute atomic E-state index is 0.0198. The Hall–Kier alpha value is -2.09. The van der Waals surface area contributed by atoms with Crippen molar-refractivity contribution in [1.82, 2.24) is 15.2 Å². The summed E-state index contributed by atoms with van der Waals surface area (Å²) in [6, 6.07) is 6.83. The van der Waals surface area contributed by atoms with E-state index in [9.17, 15) is 8.42 Å². The van der Waals surface area contributed by atoms with Gasteiger partial charge in [0, 0.05) is 0 Å². The average Bonchev–Trinajstić information content (AvgIpc) is 2.86. The van der Waals surface area contributed by atoms with Gasteiger partial charge in [0.1, 0.15) is 0 Å². The molecule has 0 fully saturated rings. The van der Waals surface area contributed by atoms with Crippen molar-refractivity contribution >= 4 is 16.0 Å². The van der Waals surface area contributed by atoms with Crippen LogP contribution in [0.1, 0.15) is 32.3 Å². The molecule has 0 spiro atoms. The van der Waals surface area contributed by atoms with E-state index in [2.05, 4.69) is 19.9 Å². The molecule has 0 saturated carbocycles. The lowest BCUT2D eigenvalue weighted by molar-refractivity contribution is 0.314. The number of H-pyrrole nitrogens is 1. The molecule has 114 valence electrons. The number of hydrogen-bond donors (Lipinski definition) is 2. The highest BCUT2D eigenvalue weighted by molar-refractivity contribution is 7.92. The van der Waals surface area contributed by atoms with Gasteiger partial charge in [-0.2, -0.15) is 4.98 Å². The lowest BCUT2D eigenvalue weighted by Crippen LogP contribution is -2.14. The van der Waals surface area contributed by atoms with Gasteiger partial charge in [0.05, 0.1) is 11.5 Å². The molecule has 21 heavy (non-hydrogen) atoms. The van der Waals surface area contributed by atoms with Crippen molar-refractivity contribution in [3.63, 3.8) is 0 Å². The van der Waals surface area contributed by atoms with Crippen LogP contribution in [0.3, 0.4) is 0 Å². The van der Waals surface area contributed by atoms with E-state index in [1.165, 1.54) is 0 Å². The molecule has 2 rings (SSSR count). The smallest absolute Gasteiger partial charge is 0.337 e. The van der Waals surface area contributed by atoms with Crippen LogP contribution in [-0.2, 0) is 10.0 Å². The van der Waals surface area contributed by atoms with Crippen LogP contribution in [-0.4, -0.2) is 30.2 Å². The van der Waals surface area contributed by atoms with Crippen molar-refractivity contribution < 1.29 is 13.2 Å². The Labute approximate surface area is 123 Å². The number of rotatable bonds is 6. The number of aromatic nitrogens is 3. The molecule has 0 aliphatic heterocycles. The van der Waals surface area contributed by atoms with Gasteiger partial charge in [-0.05, 0) is 30.5 Å². The molecule has 2 N–H and O–H groups in total. The number of sulfonamides is 1. The van der Waals surface area contributed by atoms with Crippen LogP contribution in [0.25, 0.3) is 0 Å². The Morgan fingerprint density at radius 2 is 1.95 bits per heavy atom. The summed E-state index contributed by atoms with van der Waals surface area (Å²) in [5.41, 5.74) is 1.08. The summed E-state index contributed by atoms with van der Waals surface area (Å²) in [5, 5.41) is 6.21. The van der Waals surface area contributed by atoms with Gasteiger partial charge in [0.2, 0.25) is 5.95 Å². The largest absolute Gasteiger partial charge is 0.463 e. The monoisotopic (exact) mass is 310 g/mol. The van der Waals surface area contributed by atoms with E-state index in [4.69, 9.17) is 4.74 Å². The Morgan fingerprint density at radius 1 is 1.29 bits per heavy atom. The number of hydrogen-bond acceptors (Lipinski definition) is 5. The zero-order chi connectivity index (χ0) is 15.5. The molecule has 1 heterocycles. The molecule has 0 amide bonds. The molecule has 2 aromatic rings. The lowest BCUT2D eigenvalue weighted by atomic mass is 10.0. The topological polar surface area (TPSA) is 97.0 Å². The van der Waals surface area contributed by atoms with Crippen LogP contribution in [0.2, 0.25) is 0 Å². The van der Waals surface area contributed by atoms with Crippen molar-refractivity contribution in [2.45, 2.75) is 31.6 Å². The fraction of sp³-hybridized carbons (Fsp3) is 0.385. The second-order valence-electron chi connectivity index (χ2n) is 4.73. The van der Waals surface area contributed by atoms with Gasteiger partial charge in [0.15, 0.2) is 0 Å². The van der Waals surface area contributed by atoms with Gasteiger partial charge < -0.3 is 4.74 Å². The predicted molar refractivity (Wildman–Crippen MR) is 78.9 cm³/mol. The summed E-state index contributed by atoms with van der Waals surface area (Å²) in [5.74, 6) is 0.365. The maximum Gasteiger partial charge on any atom is 0.337 e. The quantitative estimate of drug-likeness (QED) is 0.852. The first-order chi connectivity index (χ1) is 9.92. The molecule has 0 aliphatic rings. The summed E-state index contributed by atoms with van der Waals surface area (Å²) in [4.78, 5) is 4.05. The zero-order valence-corrected chi connectivity index (χ0v) is 12.9. The van der Waals surface area contributed by atoms with Gasteiger partial charge in [-0.15, -0.1) is 5.10 Å². The highest BCUT2D eigenvalue weighted by Gasteiger charge is 2.17. The summed E-state index contributed by atoms with van der Waals surface area (Å²) < 4.78 is 31.8. The Kier molecular flexibility index (Phi) is 4.46. The Balaban J connectivity index is 2.17. The van der Waals surface area contributed by atoms with Gasteiger partial charge in [-0.1, -0.05) is 26.0 Å². The van der Waals surface area contributed by atoms with Gasteiger partial charge in [0.25, 0.3) is 10.0 Å². The highest BCUT2D eigenvalue weighted by atomic mass is 32.2. The minimum Gasteiger partial charge on any atom is -0.463 e.